The van der Waals surface area contributed by atoms with Gasteiger partial charge < -0.3 is 29.4 Å². The van der Waals surface area contributed by atoms with Crippen molar-refractivity contribution in [2.24, 2.45) is 0 Å². The van der Waals surface area contributed by atoms with Crippen LogP contribution in [0.3, 0.4) is 0 Å². The summed E-state index contributed by atoms with van der Waals surface area (Å²) in [5.41, 5.74) is 3.67. The van der Waals surface area contributed by atoms with E-state index < -0.39 is 6.03 Å². The van der Waals surface area contributed by atoms with E-state index in [2.05, 4.69) is 46.1 Å². The molecule has 2 amide bonds. The SMILES string of the molecule is CCN(CC)CCOc1cccc(-n2nc(C(C)(C)C)cc2N(OC=O)C(=O)N[C@H]2CC[C@@H](Oc3ccc4nnc(N5CCCC[C@@H]5C)n4c3)c3ccccc32)c1. The molecule has 57 heavy (non-hydrogen) atoms. The normalized spacial score (nSPS) is 18.3. The van der Waals surface area contributed by atoms with Crippen molar-refractivity contribution >= 4 is 29.9 Å². The molecule has 0 spiro atoms. The summed E-state index contributed by atoms with van der Waals surface area (Å²) in [6.07, 6.45) is 6.43. The Kier molecular flexibility index (Phi) is 12.0. The van der Waals surface area contributed by atoms with E-state index in [0.29, 0.717) is 48.4 Å². The predicted octanol–water partition coefficient (Wildman–Crippen LogP) is 7.57. The molecule has 2 aromatic carbocycles. The lowest BCUT2D eigenvalue weighted by atomic mass is 9.85. The molecule has 7 rings (SSSR count). The molecule has 2 aliphatic rings. The summed E-state index contributed by atoms with van der Waals surface area (Å²) in [6.45, 7) is 17.0. The second-order valence-electron chi connectivity index (χ2n) is 15.9. The highest BCUT2D eigenvalue weighted by molar-refractivity contribution is 5.90. The minimum Gasteiger partial charge on any atom is -0.492 e. The van der Waals surface area contributed by atoms with Crippen molar-refractivity contribution in [3.63, 3.8) is 0 Å². The first-order chi connectivity index (χ1) is 27.6. The fourth-order valence-corrected chi connectivity index (χ4v) is 7.77. The third-order valence-corrected chi connectivity index (χ3v) is 11.1. The van der Waals surface area contributed by atoms with Crippen molar-refractivity contribution in [2.45, 2.75) is 97.2 Å². The van der Waals surface area contributed by atoms with E-state index in [-0.39, 0.29) is 29.9 Å². The van der Waals surface area contributed by atoms with Crippen LogP contribution >= 0.6 is 0 Å². The zero-order chi connectivity index (χ0) is 40.1. The van der Waals surface area contributed by atoms with Gasteiger partial charge in [0, 0.05) is 36.7 Å². The van der Waals surface area contributed by atoms with Crippen LogP contribution in [0.25, 0.3) is 11.3 Å². The molecule has 14 nitrogen and oxygen atoms in total. The van der Waals surface area contributed by atoms with Crippen molar-refractivity contribution in [3.05, 3.63) is 89.7 Å². The number of piperidine rings is 1. The Morgan fingerprint density at radius 1 is 0.947 bits per heavy atom. The molecule has 0 saturated carbocycles. The number of hydrogen-bond donors (Lipinski definition) is 1. The molecule has 1 N–H and O–H groups in total. The number of hydrogen-bond acceptors (Lipinski definition) is 10. The number of carbonyl (C=O) groups is 2. The number of pyridine rings is 1. The molecule has 3 aromatic heterocycles. The maximum atomic E-state index is 14.3. The number of aromatic nitrogens is 5. The first kappa shape index (κ1) is 39.6. The standard InChI is InChI=1S/C43H55N9O5/c1-7-48(8-2)24-25-55-32-16-13-15-31(26-32)51-40(27-38(47-51)43(4,5)6)52(56-29-53)42(54)44-36-20-21-37(35-18-10-9-17-34(35)36)57-33-19-22-39-45-46-41(50(39)28-33)49-23-12-11-14-30(49)3/h9-10,13,15-19,22,26-30,36-37H,7-8,11-12,14,20-21,23-25H2,1-6H3,(H,44,54)/t30-,36-,37+/m0/s1. The highest BCUT2D eigenvalue weighted by Crippen LogP contribution is 2.40. The number of anilines is 2. The summed E-state index contributed by atoms with van der Waals surface area (Å²) in [5.74, 6) is 2.49. The lowest BCUT2D eigenvalue weighted by Crippen LogP contribution is -2.43. The van der Waals surface area contributed by atoms with Crippen molar-refractivity contribution in [3.8, 4) is 17.2 Å². The van der Waals surface area contributed by atoms with Crippen molar-refractivity contribution in [2.75, 3.05) is 42.7 Å². The van der Waals surface area contributed by atoms with E-state index in [0.717, 1.165) is 66.8 Å². The van der Waals surface area contributed by atoms with Gasteiger partial charge in [-0.25, -0.2) is 9.48 Å². The van der Waals surface area contributed by atoms with Crippen LogP contribution in [0.15, 0.2) is 72.9 Å². The van der Waals surface area contributed by atoms with Crippen molar-refractivity contribution in [1.82, 2.24) is 34.6 Å². The van der Waals surface area contributed by atoms with E-state index >= 15 is 0 Å². The Morgan fingerprint density at radius 2 is 1.75 bits per heavy atom. The van der Waals surface area contributed by atoms with Crippen LogP contribution in [0.5, 0.6) is 11.5 Å². The number of rotatable bonds is 14. The molecule has 1 saturated heterocycles. The lowest BCUT2D eigenvalue weighted by molar-refractivity contribution is -0.129. The molecule has 302 valence electrons. The minimum atomic E-state index is -0.605. The van der Waals surface area contributed by atoms with Gasteiger partial charge in [-0.2, -0.15) is 5.10 Å². The largest absolute Gasteiger partial charge is 0.492 e. The fraction of sp³-hybridized carbons (Fsp3) is 0.465. The highest BCUT2D eigenvalue weighted by Gasteiger charge is 2.34. The third-order valence-electron chi connectivity index (χ3n) is 11.1. The highest BCUT2D eigenvalue weighted by atomic mass is 16.7. The predicted molar refractivity (Wildman–Crippen MR) is 219 cm³/mol. The number of hydroxylamine groups is 1. The minimum absolute atomic E-state index is 0.250. The summed E-state index contributed by atoms with van der Waals surface area (Å²) in [5, 5.41) is 18.0. The van der Waals surface area contributed by atoms with E-state index in [1.807, 2.05) is 92.0 Å². The molecule has 1 aliphatic heterocycles. The number of urea groups is 1. The van der Waals surface area contributed by atoms with Crippen LogP contribution < -0.4 is 24.8 Å². The molecule has 1 aliphatic carbocycles. The van der Waals surface area contributed by atoms with Crippen LogP contribution in [-0.2, 0) is 15.0 Å². The Morgan fingerprint density at radius 3 is 2.51 bits per heavy atom. The molecular formula is C43H55N9O5. The van der Waals surface area contributed by atoms with Crippen LogP contribution in [0.4, 0.5) is 16.6 Å². The van der Waals surface area contributed by atoms with Crippen molar-refractivity contribution in [1.29, 1.82) is 0 Å². The van der Waals surface area contributed by atoms with Gasteiger partial charge in [0.1, 0.15) is 24.2 Å². The number of likely N-dealkylation sites (N-methyl/N-ethyl adjacent to an activating group) is 1. The maximum absolute atomic E-state index is 14.3. The van der Waals surface area contributed by atoms with E-state index in [1.54, 1.807) is 10.7 Å². The van der Waals surface area contributed by atoms with Crippen LogP contribution in [0, 0.1) is 0 Å². The average molecular weight is 778 g/mol. The summed E-state index contributed by atoms with van der Waals surface area (Å²) in [4.78, 5) is 36.3. The van der Waals surface area contributed by atoms with Crippen LogP contribution in [0.1, 0.15) is 103 Å². The molecule has 1 fully saturated rings. The van der Waals surface area contributed by atoms with Gasteiger partial charge in [-0.3, -0.25) is 9.20 Å². The molecule has 14 heteroatoms. The first-order valence-corrected chi connectivity index (χ1v) is 20.2. The Balaban J connectivity index is 1.12. The number of nitrogens with zero attached hydrogens (tertiary/aromatic N) is 8. The van der Waals surface area contributed by atoms with Crippen LogP contribution in [-0.4, -0.2) is 80.6 Å². The molecule has 4 heterocycles. The maximum Gasteiger partial charge on any atom is 0.357 e. The summed E-state index contributed by atoms with van der Waals surface area (Å²) >= 11 is 0. The topological polar surface area (TPSA) is 132 Å². The van der Waals surface area contributed by atoms with Crippen LogP contribution in [0.2, 0.25) is 0 Å². The first-order valence-electron chi connectivity index (χ1n) is 20.2. The Hall–Kier alpha value is -5.63. The van der Waals surface area contributed by atoms with Gasteiger partial charge in [-0.15, -0.1) is 15.3 Å². The number of ether oxygens (including phenoxy) is 2. The summed E-state index contributed by atoms with van der Waals surface area (Å²) in [6, 6.07) is 20.6. The summed E-state index contributed by atoms with van der Waals surface area (Å²) in [7, 11) is 0. The molecule has 0 radical (unpaired) electrons. The number of nitrogens with one attached hydrogen (secondary N) is 1. The molecule has 3 atom stereocenters. The van der Waals surface area contributed by atoms with E-state index in [4.69, 9.17) is 19.4 Å². The lowest BCUT2D eigenvalue weighted by Gasteiger charge is -2.34. The monoisotopic (exact) mass is 777 g/mol. The number of benzene rings is 2. The molecule has 5 aromatic rings. The van der Waals surface area contributed by atoms with Gasteiger partial charge >= 0.3 is 12.5 Å². The number of amides is 2. The molecular weight excluding hydrogens is 723 g/mol. The van der Waals surface area contributed by atoms with Gasteiger partial charge in [0.2, 0.25) is 5.95 Å². The molecule has 0 bridgehead atoms. The number of fused-ring (bicyclic) bond motifs is 2. The molecule has 0 unspecified atom stereocenters. The average Bonchev–Trinajstić information content (AvgIpc) is 3.85. The Labute approximate surface area is 334 Å². The zero-order valence-electron chi connectivity index (χ0n) is 33.9. The number of carbonyl (C=O) groups excluding carboxylic acids is 2. The Bertz CT molecular complexity index is 2160. The van der Waals surface area contributed by atoms with E-state index in [9.17, 15) is 9.59 Å². The second-order valence-corrected chi connectivity index (χ2v) is 15.9. The quantitative estimate of drug-likeness (QED) is 0.0890. The zero-order valence-corrected chi connectivity index (χ0v) is 33.9. The third kappa shape index (κ3) is 8.70. The van der Waals surface area contributed by atoms with Gasteiger partial charge in [0.15, 0.2) is 11.5 Å². The van der Waals surface area contributed by atoms with Gasteiger partial charge in [-0.1, -0.05) is 65.0 Å². The van der Waals surface area contributed by atoms with E-state index in [1.165, 1.54) is 6.42 Å². The fourth-order valence-electron chi connectivity index (χ4n) is 7.77. The second kappa shape index (κ2) is 17.2. The summed E-state index contributed by atoms with van der Waals surface area (Å²) < 4.78 is 16.4. The van der Waals surface area contributed by atoms with Crippen molar-refractivity contribution < 1.29 is 23.9 Å². The smallest absolute Gasteiger partial charge is 0.357 e. The van der Waals surface area contributed by atoms with Gasteiger partial charge in [0.05, 0.1) is 23.6 Å². The van der Waals surface area contributed by atoms with Gasteiger partial charge in [-0.05, 0) is 87.5 Å². The van der Waals surface area contributed by atoms with Gasteiger partial charge in [0.25, 0.3) is 0 Å².